The molecule has 0 unspecified atom stereocenters. The van der Waals surface area contributed by atoms with Crippen LogP contribution in [0.5, 0.6) is 0 Å². The maximum Gasteiger partial charge on any atom is 0.153 e. The van der Waals surface area contributed by atoms with Crippen molar-refractivity contribution in [3.05, 3.63) is 77.2 Å². The van der Waals surface area contributed by atoms with Crippen molar-refractivity contribution in [1.82, 2.24) is 9.97 Å². The van der Waals surface area contributed by atoms with Crippen molar-refractivity contribution in [3.63, 3.8) is 0 Å². The Hall–Kier alpha value is -2.43. The van der Waals surface area contributed by atoms with Crippen LogP contribution in [0.1, 0.15) is 11.4 Å². The molecule has 2 aromatic carbocycles. The molecule has 3 N–H and O–H groups in total. The molecular formula is C17H15ClN4. The van der Waals surface area contributed by atoms with Crippen molar-refractivity contribution in [1.29, 1.82) is 0 Å². The van der Waals surface area contributed by atoms with E-state index in [1.165, 1.54) is 0 Å². The number of hydrogen-bond donors (Lipinski definition) is 2. The Bertz CT molecular complexity index is 760. The Morgan fingerprint density at radius 3 is 2.18 bits per heavy atom. The highest BCUT2D eigenvalue weighted by atomic mass is 35.5. The van der Waals surface area contributed by atoms with Crippen LogP contribution < -0.4 is 11.3 Å². The fourth-order valence-corrected chi connectivity index (χ4v) is 2.60. The third kappa shape index (κ3) is 3.08. The van der Waals surface area contributed by atoms with Crippen molar-refractivity contribution in [2.45, 2.75) is 6.42 Å². The minimum Gasteiger partial charge on any atom is -0.308 e. The smallest absolute Gasteiger partial charge is 0.153 e. The van der Waals surface area contributed by atoms with E-state index in [4.69, 9.17) is 17.4 Å². The van der Waals surface area contributed by atoms with Crippen LogP contribution in [0.15, 0.2) is 60.7 Å². The van der Waals surface area contributed by atoms with Crippen LogP contribution in [0, 0.1) is 0 Å². The maximum atomic E-state index is 6.37. The molecule has 4 nitrogen and oxygen atoms in total. The first-order valence-corrected chi connectivity index (χ1v) is 7.28. The summed E-state index contributed by atoms with van der Waals surface area (Å²) in [6.45, 7) is 0. The number of nitrogens with two attached hydrogens (primary N) is 1. The van der Waals surface area contributed by atoms with Crippen molar-refractivity contribution < 1.29 is 0 Å². The van der Waals surface area contributed by atoms with E-state index >= 15 is 0 Å². The Morgan fingerprint density at radius 2 is 1.55 bits per heavy atom. The summed E-state index contributed by atoms with van der Waals surface area (Å²) in [5.74, 6) is 6.77. The van der Waals surface area contributed by atoms with Crippen LogP contribution in [0.2, 0.25) is 5.15 Å². The number of anilines is 1. The van der Waals surface area contributed by atoms with Crippen molar-refractivity contribution in [3.8, 4) is 11.1 Å². The lowest BCUT2D eigenvalue weighted by molar-refractivity contribution is 0.967. The minimum absolute atomic E-state index is 0.389. The molecule has 0 spiro atoms. The average molecular weight is 311 g/mol. The van der Waals surface area contributed by atoms with E-state index in [0.717, 1.165) is 11.1 Å². The van der Waals surface area contributed by atoms with E-state index < -0.39 is 0 Å². The Balaban J connectivity index is 2.01. The fourth-order valence-electron chi connectivity index (χ4n) is 2.30. The standard InChI is InChI=1S/C17H15ClN4/c18-16-15(13-9-5-2-6-10-13)17(22-19)21-14(20-16)11-12-7-3-1-4-8-12/h1-10H,11,19H2,(H,20,21,22). The van der Waals surface area contributed by atoms with E-state index in [-0.39, 0.29) is 0 Å². The zero-order chi connectivity index (χ0) is 15.4. The lowest BCUT2D eigenvalue weighted by Gasteiger charge is -2.12. The molecular weight excluding hydrogens is 296 g/mol. The third-order valence-corrected chi connectivity index (χ3v) is 3.59. The molecule has 5 heteroatoms. The van der Waals surface area contributed by atoms with Gasteiger partial charge in [0.1, 0.15) is 11.0 Å². The summed E-state index contributed by atoms with van der Waals surface area (Å²) in [5.41, 5.74) is 5.38. The van der Waals surface area contributed by atoms with Crippen LogP contribution in [0.25, 0.3) is 11.1 Å². The number of benzene rings is 2. The average Bonchev–Trinajstić information content (AvgIpc) is 2.56. The molecule has 0 aliphatic rings. The first kappa shape index (κ1) is 14.5. The molecule has 0 aliphatic carbocycles. The second-order valence-electron chi connectivity index (χ2n) is 4.83. The zero-order valence-electron chi connectivity index (χ0n) is 11.8. The van der Waals surface area contributed by atoms with Gasteiger partial charge in [-0.2, -0.15) is 0 Å². The van der Waals surface area contributed by atoms with Crippen LogP contribution in [0.4, 0.5) is 5.82 Å². The Kier molecular flexibility index (Phi) is 4.32. The molecule has 0 saturated heterocycles. The lowest BCUT2D eigenvalue weighted by Crippen LogP contribution is -2.12. The molecule has 110 valence electrons. The van der Waals surface area contributed by atoms with Gasteiger partial charge in [0.15, 0.2) is 5.82 Å². The number of nitrogens with zero attached hydrogens (tertiary/aromatic N) is 2. The predicted octanol–water partition coefficient (Wildman–Crippen LogP) is 3.67. The Labute approximate surface area is 134 Å². The van der Waals surface area contributed by atoms with Gasteiger partial charge in [0, 0.05) is 6.42 Å². The van der Waals surface area contributed by atoms with E-state index in [1.54, 1.807) is 0 Å². The maximum absolute atomic E-state index is 6.37. The highest BCUT2D eigenvalue weighted by Gasteiger charge is 2.14. The van der Waals surface area contributed by atoms with E-state index in [1.807, 2.05) is 60.7 Å². The molecule has 0 atom stereocenters. The second kappa shape index (κ2) is 6.56. The van der Waals surface area contributed by atoms with E-state index in [9.17, 15) is 0 Å². The highest BCUT2D eigenvalue weighted by molar-refractivity contribution is 6.32. The first-order chi connectivity index (χ1) is 10.8. The van der Waals surface area contributed by atoms with Crippen molar-refractivity contribution >= 4 is 17.4 Å². The van der Waals surface area contributed by atoms with Gasteiger partial charge < -0.3 is 5.43 Å². The van der Waals surface area contributed by atoms with Gasteiger partial charge in [0.25, 0.3) is 0 Å². The number of nitrogen functional groups attached to an aromatic ring is 1. The van der Waals surface area contributed by atoms with Gasteiger partial charge in [0.05, 0.1) is 5.56 Å². The number of nitrogens with one attached hydrogen (secondary N) is 1. The molecule has 22 heavy (non-hydrogen) atoms. The largest absolute Gasteiger partial charge is 0.308 e. The minimum atomic E-state index is 0.389. The summed E-state index contributed by atoms with van der Waals surface area (Å²) in [6.07, 6.45) is 0.601. The predicted molar refractivity (Wildman–Crippen MR) is 89.5 cm³/mol. The van der Waals surface area contributed by atoms with Gasteiger partial charge >= 0.3 is 0 Å². The first-order valence-electron chi connectivity index (χ1n) is 6.90. The topological polar surface area (TPSA) is 63.8 Å². The molecule has 0 radical (unpaired) electrons. The van der Waals surface area contributed by atoms with Gasteiger partial charge in [-0.05, 0) is 11.1 Å². The van der Waals surface area contributed by atoms with Crippen LogP contribution in [0.3, 0.4) is 0 Å². The number of hydrogen-bond acceptors (Lipinski definition) is 4. The van der Waals surface area contributed by atoms with Gasteiger partial charge in [0.2, 0.25) is 0 Å². The van der Waals surface area contributed by atoms with E-state index in [0.29, 0.717) is 28.8 Å². The van der Waals surface area contributed by atoms with Gasteiger partial charge in [-0.15, -0.1) is 0 Å². The molecule has 0 amide bonds. The summed E-state index contributed by atoms with van der Waals surface area (Å²) in [5, 5.41) is 0.389. The highest BCUT2D eigenvalue weighted by Crippen LogP contribution is 2.32. The summed E-state index contributed by atoms with van der Waals surface area (Å²) in [6, 6.07) is 19.7. The van der Waals surface area contributed by atoms with Crippen molar-refractivity contribution in [2.24, 2.45) is 5.84 Å². The normalized spacial score (nSPS) is 10.5. The number of hydrazine groups is 1. The molecule has 3 aromatic rings. The second-order valence-corrected chi connectivity index (χ2v) is 5.19. The summed E-state index contributed by atoms with van der Waals surface area (Å²) in [4.78, 5) is 8.90. The van der Waals surface area contributed by atoms with E-state index in [2.05, 4.69) is 15.4 Å². The van der Waals surface area contributed by atoms with Crippen LogP contribution >= 0.6 is 11.6 Å². The summed E-state index contributed by atoms with van der Waals surface area (Å²) < 4.78 is 0. The molecule has 0 bridgehead atoms. The zero-order valence-corrected chi connectivity index (χ0v) is 12.6. The molecule has 3 rings (SSSR count). The lowest BCUT2D eigenvalue weighted by atomic mass is 10.1. The fraction of sp³-hybridized carbons (Fsp3) is 0.0588. The summed E-state index contributed by atoms with van der Waals surface area (Å²) >= 11 is 6.37. The monoisotopic (exact) mass is 310 g/mol. The molecule has 1 heterocycles. The number of rotatable bonds is 4. The Morgan fingerprint density at radius 1 is 0.909 bits per heavy atom. The van der Waals surface area contributed by atoms with Gasteiger partial charge in [-0.3, -0.25) is 0 Å². The quantitative estimate of drug-likeness (QED) is 0.438. The number of halogens is 1. The van der Waals surface area contributed by atoms with Crippen LogP contribution in [-0.4, -0.2) is 9.97 Å². The molecule has 0 saturated carbocycles. The van der Waals surface area contributed by atoms with Crippen molar-refractivity contribution in [2.75, 3.05) is 5.43 Å². The molecule has 1 aromatic heterocycles. The van der Waals surface area contributed by atoms with Gasteiger partial charge in [-0.1, -0.05) is 72.3 Å². The van der Waals surface area contributed by atoms with Crippen LogP contribution in [-0.2, 0) is 6.42 Å². The molecule has 0 fully saturated rings. The third-order valence-electron chi connectivity index (χ3n) is 3.32. The summed E-state index contributed by atoms with van der Waals surface area (Å²) in [7, 11) is 0. The molecule has 0 aliphatic heterocycles. The van der Waals surface area contributed by atoms with Gasteiger partial charge in [-0.25, -0.2) is 15.8 Å². The SMILES string of the molecule is NNc1nc(Cc2ccccc2)nc(Cl)c1-c1ccccc1. The number of aromatic nitrogens is 2.